The van der Waals surface area contributed by atoms with Gasteiger partial charge in [-0.05, 0) is 42.6 Å². The Labute approximate surface area is 222 Å². The number of carbonyl (C=O) groups excluding carboxylic acids is 2. The molecule has 1 aliphatic carbocycles. The van der Waals surface area contributed by atoms with Crippen LogP contribution >= 0.6 is 15.9 Å². The van der Waals surface area contributed by atoms with Gasteiger partial charge in [0.25, 0.3) is 17.5 Å². The van der Waals surface area contributed by atoms with E-state index in [0.717, 1.165) is 30.0 Å². The van der Waals surface area contributed by atoms with E-state index in [1.807, 2.05) is 24.3 Å². The van der Waals surface area contributed by atoms with E-state index in [9.17, 15) is 19.7 Å². The van der Waals surface area contributed by atoms with Gasteiger partial charge in [0.1, 0.15) is 5.69 Å². The van der Waals surface area contributed by atoms with Gasteiger partial charge < -0.3 is 15.1 Å². The molecule has 3 atom stereocenters. The van der Waals surface area contributed by atoms with Gasteiger partial charge in [0.05, 0.1) is 16.1 Å². The van der Waals surface area contributed by atoms with E-state index in [1.165, 1.54) is 6.07 Å². The van der Waals surface area contributed by atoms with Crippen molar-refractivity contribution in [3.05, 3.63) is 74.5 Å². The Kier molecular flexibility index (Phi) is 6.06. The first-order valence-electron chi connectivity index (χ1n) is 12.5. The molecule has 2 amide bonds. The topological polar surface area (TPSA) is 109 Å². The maximum absolute atomic E-state index is 13.5. The number of hydrogen-bond donors (Lipinski definition) is 1. The average molecular weight is 564 g/mol. The molecule has 1 N–H and O–H groups in total. The highest BCUT2D eigenvalue weighted by Gasteiger charge is 2.47. The summed E-state index contributed by atoms with van der Waals surface area (Å²) in [4.78, 5) is 46.3. The van der Waals surface area contributed by atoms with Gasteiger partial charge in [0, 0.05) is 60.5 Å². The number of likely N-dealkylation sites (tertiary alicyclic amines) is 2. The molecule has 2 unspecified atom stereocenters. The second-order valence-electron chi connectivity index (χ2n) is 10.2. The molecular formula is C27H26BrN5O4. The molecular weight excluding hydrogens is 538 g/mol. The third-order valence-corrected chi connectivity index (χ3v) is 8.19. The van der Waals surface area contributed by atoms with Crippen molar-refractivity contribution in [2.24, 2.45) is 11.8 Å². The van der Waals surface area contributed by atoms with Crippen LogP contribution in [0.5, 0.6) is 0 Å². The van der Waals surface area contributed by atoms with Gasteiger partial charge in [-0.15, -0.1) is 0 Å². The molecule has 37 heavy (non-hydrogen) atoms. The first kappa shape index (κ1) is 23.8. The highest BCUT2D eigenvalue weighted by Crippen LogP contribution is 2.46. The van der Waals surface area contributed by atoms with Crippen LogP contribution in [0, 0.1) is 22.0 Å². The Balaban J connectivity index is 1.27. The van der Waals surface area contributed by atoms with E-state index >= 15 is 0 Å². The van der Waals surface area contributed by atoms with Crippen molar-refractivity contribution in [1.82, 2.24) is 14.8 Å². The number of nitro benzene ring substituents is 1. The summed E-state index contributed by atoms with van der Waals surface area (Å²) in [5.41, 5.74) is 0.912. The highest BCUT2D eigenvalue weighted by atomic mass is 79.9. The minimum absolute atomic E-state index is 0.117. The number of fused-ring (bicyclic) bond motifs is 2. The summed E-state index contributed by atoms with van der Waals surface area (Å²) in [6.45, 7) is 2.36. The lowest BCUT2D eigenvalue weighted by Crippen LogP contribution is -2.45. The molecule has 3 fully saturated rings. The molecule has 0 radical (unpaired) electrons. The average Bonchev–Trinajstić information content (AvgIpc) is 3.52. The lowest BCUT2D eigenvalue weighted by atomic mass is 10.0. The normalized spacial score (nSPS) is 22.6. The SMILES string of the molecule is O=C(c1cc(Br)cc([N+](=O)[O-])c1N[C@@H]1CCCN(C(=O)c2cncc3ccccc23)C1)N1CC2CC2C1. The molecule has 10 heteroatoms. The fraction of sp³-hybridized carbons (Fsp3) is 0.370. The monoisotopic (exact) mass is 563 g/mol. The van der Waals surface area contributed by atoms with Crippen LogP contribution in [0.3, 0.4) is 0 Å². The van der Waals surface area contributed by atoms with Crippen LogP contribution in [0.25, 0.3) is 10.8 Å². The Bertz CT molecular complexity index is 1410. The molecule has 3 aliphatic rings. The van der Waals surface area contributed by atoms with E-state index < -0.39 is 4.92 Å². The van der Waals surface area contributed by atoms with Crippen LogP contribution < -0.4 is 5.32 Å². The largest absolute Gasteiger partial charge is 0.374 e. The number of pyridine rings is 1. The van der Waals surface area contributed by atoms with Crippen molar-refractivity contribution in [1.29, 1.82) is 0 Å². The van der Waals surface area contributed by atoms with Crippen LogP contribution in [0.1, 0.15) is 40.0 Å². The summed E-state index contributed by atoms with van der Waals surface area (Å²) in [5.74, 6) is 0.811. The van der Waals surface area contributed by atoms with E-state index in [-0.39, 0.29) is 29.2 Å². The molecule has 190 valence electrons. The number of nitro groups is 1. The van der Waals surface area contributed by atoms with Gasteiger partial charge in [0.2, 0.25) is 0 Å². The minimum atomic E-state index is -0.459. The smallest absolute Gasteiger partial charge is 0.294 e. The van der Waals surface area contributed by atoms with Gasteiger partial charge in [-0.1, -0.05) is 40.2 Å². The number of nitrogens with one attached hydrogen (secondary N) is 1. The van der Waals surface area contributed by atoms with Crippen LogP contribution in [0.2, 0.25) is 0 Å². The van der Waals surface area contributed by atoms with E-state index in [2.05, 4.69) is 26.2 Å². The van der Waals surface area contributed by atoms with E-state index in [4.69, 9.17) is 0 Å². The zero-order chi connectivity index (χ0) is 25.7. The zero-order valence-electron chi connectivity index (χ0n) is 20.1. The predicted octanol–water partition coefficient (Wildman–Crippen LogP) is 4.71. The van der Waals surface area contributed by atoms with Crippen LogP contribution in [-0.4, -0.2) is 63.7 Å². The van der Waals surface area contributed by atoms with Gasteiger partial charge in [-0.25, -0.2) is 0 Å². The van der Waals surface area contributed by atoms with Gasteiger partial charge in [-0.2, -0.15) is 0 Å². The molecule has 1 saturated carbocycles. The van der Waals surface area contributed by atoms with Gasteiger partial charge in [0.15, 0.2) is 0 Å². The second-order valence-corrected chi connectivity index (χ2v) is 11.1. The molecule has 2 saturated heterocycles. The number of carbonyl (C=O) groups is 2. The number of amides is 2. The maximum Gasteiger partial charge on any atom is 0.294 e. The van der Waals surface area contributed by atoms with Crippen molar-refractivity contribution >= 4 is 49.9 Å². The number of rotatable bonds is 5. The Hall–Kier alpha value is -3.53. The number of aromatic nitrogens is 1. The van der Waals surface area contributed by atoms with Crippen molar-refractivity contribution in [3.63, 3.8) is 0 Å². The molecule has 6 rings (SSSR count). The van der Waals surface area contributed by atoms with E-state index in [1.54, 1.807) is 28.3 Å². The Morgan fingerprint density at radius 1 is 1.03 bits per heavy atom. The predicted molar refractivity (Wildman–Crippen MR) is 143 cm³/mol. The lowest BCUT2D eigenvalue weighted by Gasteiger charge is -2.34. The van der Waals surface area contributed by atoms with E-state index in [0.29, 0.717) is 53.6 Å². The number of halogens is 1. The van der Waals surface area contributed by atoms with Crippen molar-refractivity contribution in [3.8, 4) is 0 Å². The Morgan fingerprint density at radius 2 is 1.78 bits per heavy atom. The minimum Gasteiger partial charge on any atom is -0.374 e. The number of nitrogens with zero attached hydrogens (tertiary/aromatic N) is 4. The summed E-state index contributed by atoms with van der Waals surface area (Å²) in [6, 6.07) is 10.5. The third-order valence-electron chi connectivity index (χ3n) is 7.73. The zero-order valence-corrected chi connectivity index (χ0v) is 21.7. The second kappa shape index (κ2) is 9.41. The molecule has 9 nitrogen and oxygen atoms in total. The Morgan fingerprint density at radius 3 is 2.57 bits per heavy atom. The summed E-state index contributed by atoms with van der Waals surface area (Å²) in [6.07, 6.45) is 5.96. The number of piperidine rings is 2. The number of hydrogen-bond acceptors (Lipinski definition) is 6. The summed E-state index contributed by atoms with van der Waals surface area (Å²) in [7, 11) is 0. The molecule has 0 spiro atoms. The molecule has 2 aromatic carbocycles. The number of benzene rings is 2. The van der Waals surface area contributed by atoms with Crippen molar-refractivity contribution in [2.75, 3.05) is 31.5 Å². The van der Waals surface area contributed by atoms with Crippen molar-refractivity contribution < 1.29 is 14.5 Å². The molecule has 2 aliphatic heterocycles. The fourth-order valence-corrected chi connectivity index (χ4v) is 6.18. The number of anilines is 1. The van der Waals surface area contributed by atoms with Gasteiger partial charge in [-0.3, -0.25) is 24.7 Å². The summed E-state index contributed by atoms with van der Waals surface area (Å²) in [5, 5.41) is 17.1. The lowest BCUT2D eigenvalue weighted by molar-refractivity contribution is -0.384. The standard InChI is InChI=1S/C27H26BrN5O4/c28-19-9-22(26(34)32-13-17-8-18(17)14-32)25(24(10-19)33(36)37)30-20-5-3-7-31(15-20)27(35)23-12-29-11-16-4-1-2-6-21(16)23/h1-2,4,6,9-12,17-18,20,30H,3,5,7-8,13-15H2/t17?,18?,20-/m1/s1. The van der Waals surface area contributed by atoms with Gasteiger partial charge >= 0.3 is 0 Å². The maximum atomic E-state index is 13.5. The quantitative estimate of drug-likeness (QED) is 0.355. The molecule has 1 aromatic heterocycles. The van der Waals surface area contributed by atoms with Crippen LogP contribution in [0.4, 0.5) is 11.4 Å². The first-order valence-corrected chi connectivity index (χ1v) is 13.3. The van der Waals surface area contributed by atoms with Crippen LogP contribution in [-0.2, 0) is 0 Å². The summed E-state index contributed by atoms with van der Waals surface area (Å²) >= 11 is 3.35. The fourth-order valence-electron chi connectivity index (χ4n) is 5.73. The van der Waals surface area contributed by atoms with Crippen molar-refractivity contribution in [2.45, 2.75) is 25.3 Å². The molecule has 3 heterocycles. The summed E-state index contributed by atoms with van der Waals surface area (Å²) < 4.78 is 0.487. The first-order chi connectivity index (χ1) is 17.9. The third kappa shape index (κ3) is 4.54. The molecule has 3 aromatic rings. The highest BCUT2D eigenvalue weighted by molar-refractivity contribution is 9.10. The van der Waals surface area contributed by atoms with Crippen LogP contribution in [0.15, 0.2) is 53.3 Å². The molecule has 0 bridgehead atoms.